The van der Waals surface area contributed by atoms with E-state index in [1.165, 1.54) is 23.5 Å². The summed E-state index contributed by atoms with van der Waals surface area (Å²) < 4.78 is 22.5. The summed E-state index contributed by atoms with van der Waals surface area (Å²) in [6, 6.07) is 6.25. The Bertz CT molecular complexity index is 1240. The van der Waals surface area contributed by atoms with E-state index >= 15 is 0 Å². The zero-order valence-corrected chi connectivity index (χ0v) is 18.5. The molecule has 2 atom stereocenters. The lowest BCUT2D eigenvalue weighted by Gasteiger charge is -2.38. The third kappa shape index (κ3) is 3.70. The van der Waals surface area contributed by atoms with Crippen LogP contribution in [0.1, 0.15) is 25.6 Å². The molecule has 2 fully saturated rings. The summed E-state index contributed by atoms with van der Waals surface area (Å²) in [6.07, 6.45) is 2.60. The van der Waals surface area contributed by atoms with Crippen molar-refractivity contribution in [2.75, 3.05) is 18.0 Å². The Labute approximate surface area is 184 Å². The Kier molecular flexibility index (Phi) is 4.98. The number of morpholine rings is 1. The van der Waals surface area contributed by atoms with E-state index in [2.05, 4.69) is 16.8 Å². The lowest BCUT2D eigenvalue weighted by Crippen LogP contribution is -2.48. The molecule has 0 N–H and O–H groups in total. The molecule has 1 aromatic carbocycles. The van der Waals surface area contributed by atoms with E-state index < -0.39 is 5.82 Å². The Morgan fingerprint density at radius 1 is 1.19 bits per heavy atom. The number of halogens is 2. The second-order valence-corrected chi connectivity index (χ2v) is 9.03. The Hall–Kier alpha value is -2.51. The molecule has 0 spiro atoms. The van der Waals surface area contributed by atoms with E-state index in [1.54, 1.807) is 26.1 Å². The van der Waals surface area contributed by atoms with Gasteiger partial charge in [0.25, 0.3) is 5.56 Å². The average molecular weight is 443 g/mol. The maximum atomic E-state index is 14.9. The van der Waals surface area contributed by atoms with E-state index in [9.17, 15) is 9.18 Å². The van der Waals surface area contributed by atoms with Gasteiger partial charge < -0.3 is 9.64 Å². The number of hydrogen-bond donors (Lipinski definition) is 0. The fourth-order valence-corrected chi connectivity index (χ4v) is 4.48. The Morgan fingerprint density at radius 3 is 2.68 bits per heavy atom. The molecule has 6 nitrogen and oxygen atoms in total. The molecular weight excluding hydrogens is 419 g/mol. The summed E-state index contributed by atoms with van der Waals surface area (Å²) in [5.74, 6) is 1.33. The number of rotatable bonds is 3. The second-order valence-electron chi connectivity index (χ2n) is 8.60. The lowest BCUT2D eigenvalue weighted by molar-refractivity contribution is -0.0273. The average Bonchev–Trinajstić information content (AvgIpc) is 3.56. The van der Waals surface area contributed by atoms with Gasteiger partial charge in [0.15, 0.2) is 0 Å². The number of anilines is 1. The molecule has 2 aromatic heterocycles. The molecule has 1 saturated heterocycles. The SMILES string of the molecule is Cc1nc2cc(N3C[C@H](C)O[C@@H](C4CC4)C3)nc(-c3ccc(Cl)cc3F)c2c(=O)n1C. The van der Waals surface area contributed by atoms with Crippen molar-refractivity contribution in [1.82, 2.24) is 14.5 Å². The Balaban J connectivity index is 1.72. The highest BCUT2D eigenvalue weighted by Gasteiger charge is 2.38. The summed E-state index contributed by atoms with van der Waals surface area (Å²) >= 11 is 5.96. The van der Waals surface area contributed by atoms with Crippen LogP contribution in [0.15, 0.2) is 29.1 Å². The predicted molar refractivity (Wildman–Crippen MR) is 119 cm³/mol. The van der Waals surface area contributed by atoms with Crippen LogP contribution in [-0.2, 0) is 11.8 Å². The molecule has 0 bridgehead atoms. The van der Waals surface area contributed by atoms with Crippen LogP contribution < -0.4 is 10.5 Å². The van der Waals surface area contributed by atoms with E-state index in [0.717, 1.165) is 6.54 Å². The second kappa shape index (κ2) is 7.57. The van der Waals surface area contributed by atoms with Crippen molar-refractivity contribution < 1.29 is 9.13 Å². The molecule has 162 valence electrons. The van der Waals surface area contributed by atoms with Gasteiger partial charge in [-0.25, -0.2) is 14.4 Å². The van der Waals surface area contributed by atoms with Gasteiger partial charge in [-0.1, -0.05) is 11.6 Å². The number of ether oxygens (including phenoxy) is 1. The maximum absolute atomic E-state index is 14.9. The van der Waals surface area contributed by atoms with Gasteiger partial charge in [-0.15, -0.1) is 0 Å². The van der Waals surface area contributed by atoms with Gasteiger partial charge in [0.2, 0.25) is 0 Å². The first-order valence-electron chi connectivity index (χ1n) is 10.6. The van der Waals surface area contributed by atoms with Gasteiger partial charge in [-0.05, 0) is 50.8 Å². The quantitative estimate of drug-likeness (QED) is 0.611. The van der Waals surface area contributed by atoms with E-state index in [-0.39, 0.29) is 34.0 Å². The highest BCUT2D eigenvalue weighted by Crippen LogP contribution is 2.38. The largest absolute Gasteiger partial charge is 0.371 e. The summed E-state index contributed by atoms with van der Waals surface area (Å²) in [5.41, 5.74) is 0.783. The molecule has 1 saturated carbocycles. The van der Waals surface area contributed by atoms with Crippen molar-refractivity contribution in [3.05, 3.63) is 51.3 Å². The van der Waals surface area contributed by atoms with Crippen LogP contribution in [-0.4, -0.2) is 39.8 Å². The van der Waals surface area contributed by atoms with Gasteiger partial charge in [0, 0.05) is 36.8 Å². The van der Waals surface area contributed by atoms with Crippen LogP contribution in [0, 0.1) is 18.7 Å². The van der Waals surface area contributed by atoms with Crippen molar-refractivity contribution in [3.63, 3.8) is 0 Å². The van der Waals surface area contributed by atoms with Gasteiger partial charge >= 0.3 is 0 Å². The van der Waals surface area contributed by atoms with E-state index in [1.807, 2.05) is 6.07 Å². The molecule has 1 aliphatic heterocycles. The fourth-order valence-electron chi connectivity index (χ4n) is 4.32. The first-order chi connectivity index (χ1) is 14.8. The van der Waals surface area contributed by atoms with Gasteiger partial charge in [-0.3, -0.25) is 9.36 Å². The first kappa shape index (κ1) is 20.4. The summed E-state index contributed by atoms with van der Waals surface area (Å²) in [4.78, 5) is 24.7. The predicted octanol–water partition coefficient (Wildman–Crippen LogP) is 4.10. The zero-order valence-electron chi connectivity index (χ0n) is 17.7. The molecule has 2 aliphatic rings. The van der Waals surface area contributed by atoms with E-state index in [4.69, 9.17) is 21.3 Å². The van der Waals surface area contributed by atoms with Crippen molar-refractivity contribution in [3.8, 4) is 11.3 Å². The van der Waals surface area contributed by atoms with Crippen LogP contribution >= 0.6 is 11.6 Å². The summed E-state index contributed by atoms with van der Waals surface area (Å²) in [5, 5.41) is 0.594. The number of fused-ring (bicyclic) bond motifs is 1. The van der Waals surface area contributed by atoms with Crippen LogP contribution in [0.3, 0.4) is 0 Å². The lowest BCUT2D eigenvalue weighted by atomic mass is 10.1. The van der Waals surface area contributed by atoms with Crippen molar-refractivity contribution >= 4 is 28.3 Å². The molecule has 0 amide bonds. The zero-order chi connectivity index (χ0) is 21.9. The third-order valence-corrected chi connectivity index (χ3v) is 6.45. The normalized spacial score (nSPS) is 21.6. The van der Waals surface area contributed by atoms with Crippen molar-refractivity contribution in [2.45, 2.75) is 38.9 Å². The van der Waals surface area contributed by atoms with Crippen LogP contribution in [0.25, 0.3) is 22.2 Å². The molecule has 3 heterocycles. The molecular formula is C23H24ClFN4O2. The number of nitrogens with zero attached hydrogens (tertiary/aromatic N) is 4. The summed E-state index contributed by atoms with van der Waals surface area (Å²) in [7, 11) is 1.66. The smallest absolute Gasteiger partial charge is 0.263 e. The van der Waals surface area contributed by atoms with Crippen LogP contribution in [0.2, 0.25) is 5.02 Å². The first-order valence-corrected chi connectivity index (χ1v) is 10.9. The maximum Gasteiger partial charge on any atom is 0.263 e. The van der Waals surface area contributed by atoms with Crippen LogP contribution in [0.4, 0.5) is 10.2 Å². The van der Waals surface area contributed by atoms with Crippen LogP contribution in [0.5, 0.6) is 0 Å². The summed E-state index contributed by atoms with van der Waals surface area (Å²) in [6.45, 7) is 5.23. The molecule has 31 heavy (non-hydrogen) atoms. The molecule has 3 aromatic rings. The number of pyridine rings is 1. The van der Waals surface area contributed by atoms with Gasteiger partial charge in [-0.2, -0.15) is 0 Å². The highest BCUT2D eigenvalue weighted by molar-refractivity contribution is 6.30. The minimum Gasteiger partial charge on any atom is -0.371 e. The van der Waals surface area contributed by atoms with Crippen molar-refractivity contribution in [1.29, 1.82) is 0 Å². The highest BCUT2D eigenvalue weighted by atomic mass is 35.5. The topological polar surface area (TPSA) is 60.2 Å². The number of benzene rings is 1. The Morgan fingerprint density at radius 2 is 1.97 bits per heavy atom. The number of aromatic nitrogens is 3. The standard InChI is InChI=1S/C23H24ClFN4O2/c1-12-10-29(11-19(31-12)14-4-5-14)20-9-18-21(23(30)28(3)13(2)26-18)22(27-20)16-7-6-15(24)8-17(16)25/h6-9,12,14,19H,4-5,10-11H2,1-3H3/t12-,19+/m0/s1. The fraction of sp³-hybridized carbons (Fsp3) is 0.435. The molecule has 0 radical (unpaired) electrons. The van der Waals surface area contributed by atoms with Gasteiger partial charge in [0.1, 0.15) is 17.5 Å². The van der Waals surface area contributed by atoms with Gasteiger partial charge in [0.05, 0.1) is 28.8 Å². The minimum atomic E-state index is -0.521. The third-order valence-electron chi connectivity index (χ3n) is 6.21. The molecule has 1 aliphatic carbocycles. The van der Waals surface area contributed by atoms with Crippen molar-refractivity contribution in [2.24, 2.45) is 13.0 Å². The minimum absolute atomic E-state index is 0.0610. The molecule has 0 unspecified atom stereocenters. The molecule has 5 rings (SSSR count). The number of hydrogen-bond acceptors (Lipinski definition) is 5. The monoisotopic (exact) mass is 442 g/mol. The number of aryl methyl sites for hydroxylation is 1. The van der Waals surface area contributed by atoms with E-state index in [0.29, 0.717) is 35.0 Å². The molecule has 8 heteroatoms.